The summed E-state index contributed by atoms with van der Waals surface area (Å²) in [4.78, 5) is 8.19. The molecule has 1 fully saturated rings. The van der Waals surface area contributed by atoms with Crippen LogP contribution in [0.25, 0.3) is 0 Å². The van der Waals surface area contributed by atoms with Crippen molar-refractivity contribution in [1.82, 2.24) is 9.97 Å². The predicted molar refractivity (Wildman–Crippen MR) is 59.5 cm³/mol. The van der Waals surface area contributed by atoms with E-state index < -0.39 is 5.60 Å². The highest BCUT2D eigenvalue weighted by Crippen LogP contribution is 2.41. The number of rotatable bonds is 5. The van der Waals surface area contributed by atoms with Gasteiger partial charge in [0.25, 0.3) is 0 Å². The Labute approximate surface area is 93.3 Å². The molecule has 0 spiro atoms. The molecule has 2 rings (SSSR count). The molecule has 15 heavy (non-hydrogen) atoms. The van der Waals surface area contributed by atoms with Crippen molar-refractivity contribution < 1.29 is 5.11 Å². The summed E-state index contributed by atoms with van der Waals surface area (Å²) in [7, 11) is 0. The Bertz CT molecular complexity index is 318. The maximum atomic E-state index is 10.2. The molecule has 1 saturated carbocycles. The highest BCUT2D eigenvalue weighted by molar-refractivity contribution is 7.99. The lowest BCUT2D eigenvalue weighted by Gasteiger charge is -2.25. The summed E-state index contributed by atoms with van der Waals surface area (Å²) in [6.45, 7) is 0.317. The zero-order valence-electron chi connectivity index (χ0n) is 8.47. The topological polar surface area (TPSA) is 72.0 Å². The molecule has 1 atom stereocenters. The SMILES string of the molecule is NCC(O)(CSc1ncccn1)C1CC1. The average molecular weight is 225 g/mol. The lowest BCUT2D eigenvalue weighted by Crippen LogP contribution is -2.42. The number of nitrogens with zero attached hydrogens (tertiary/aromatic N) is 2. The van der Waals surface area contributed by atoms with Gasteiger partial charge in [-0.1, -0.05) is 11.8 Å². The highest BCUT2D eigenvalue weighted by Gasteiger charge is 2.42. The lowest BCUT2D eigenvalue weighted by molar-refractivity contribution is 0.0509. The Morgan fingerprint density at radius 1 is 1.47 bits per heavy atom. The van der Waals surface area contributed by atoms with Crippen molar-refractivity contribution in [2.24, 2.45) is 11.7 Å². The van der Waals surface area contributed by atoms with E-state index in [-0.39, 0.29) is 0 Å². The summed E-state index contributed by atoms with van der Waals surface area (Å²) in [6.07, 6.45) is 5.58. The summed E-state index contributed by atoms with van der Waals surface area (Å²) in [5.74, 6) is 0.955. The molecule has 5 heteroatoms. The van der Waals surface area contributed by atoms with Gasteiger partial charge in [-0.25, -0.2) is 9.97 Å². The minimum absolute atomic E-state index is 0.317. The van der Waals surface area contributed by atoms with Gasteiger partial charge in [0.1, 0.15) is 0 Å². The predicted octanol–water partition coefficient (Wildman–Crippen LogP) is 0.669. The molecule has 1 unspecified atom stereocenters. The number of nitrogens with two attached hydrogens (primary N) is 1. The molecule has 0 amide bonds. The quantitative estimate of drug-likeness (QED) is 0.569. The van der Waals surface area contributed by atoms with E-state index in [1.54, 1.807) is 18.5 Å². The third-order valence-corrected chi connectivity index (χ3v) is 3.80. The van der Waals surface area contributed by atoms with Crippen LogP contribution in [0.2, 0.25) is 0 Å². The van der Waals surface area contributed by atoms with Gasteiger partial charge in [0, 0.05) is 24.7 Å². The summed E-state index contributed by atoms with van der Waals surface area (Å²) >= 11 is 1.47. The zero-order valence-corrected chi connectivity index (χ0v) is 9.28. The molecule has 0 saturated heterocycles. The Morgan fingerprint density at radius 3 is 2.67 bits per heavy atom. The van der Waals surface area contributed by atoms with Gasteiger partial charge in [0.2, 0.25) is 0 Å². The largest absolute Gasteiger partial charge is 0.387 e. The van der Waals surface area contributed by atoms with Crippen LogP contribution < -0.4 is 5.73 Å². The fourth-order valence-corrected chi connectivity index (χ4v) is 2.52. The van der Waals surface area contributed by atoms with Crippen LogP contribution >= 0.6 is 11.8 Å². The second kappa shape index (κ2) is 4.47. The maximum absolute atomic E-state index is 10.2. The van der Waals surface area contributed by atoms with Gasteiger partial charge < -0.3 is 10.8 Å². The third-order valence-electron chi connectivity index (χ3n) is 2.68. The Hall–Kier alpha value is -0.650. The van der Waals surface area contributed by atoms with E-state index in [1.807, 2.05) is 0 Å². The van der Waals surface area contributed by atoms with Gasteiger partial charge in [-0.2, -0.15) is 0 Å². The number of thioether (sulfide) groups is 1. The van der Waals surface area contributed by atoms with Crippen molar-refractivity contribution in [3.63, 3.8) is 0 Å². The summed E-state index contributed by atoms with van der Waals surface area (Å²) in [6, 6.07) is 1.78. The zero-order chi connectivity index (χ0) is 10.7. The summed E-state index contributed by atoms with van der Waals surface area (Å²) in [5, 5.41) is 10.9. The molecule has 1 heterocycles. The van der Waals surface area contributed by atoms with Gasteiger partial charge in [-0.05, 0) is 24.8 Å². The van der Waals surface area contributed by atoms with Gasteiger partial charge in [-0.3, -0.25) is 0 Å². The molecule has 0 aliphatic heterocycles. The highest BCUT2D eigenvalue weighted by atomic mass is 32.2. The second-order valence-corrected chi connectivity index (χ2v) is 4.84. The summed E-state index contributed by atoms with van der Waals surface area (Å²) in [5.41, 5.74) is 4.88. The first-order valence-corrected chi connectivity index (χ1v) is 6.05. The standard InChI is InChI=1S/C10H15N3OS/c11-6-10(14,8-2-3-8)7-15-9-12-4-1-5-13-9/h1,4-5,8,14H,2-3,6-7,11H2. The molecule has 1 aliphatic rings. The minimum atomic E-state index is -0.732. The van der Waals surface area contributed by atoms with Crippen molar-refractivity contribution in [1.29, 1.82) is 0 Å². The molecule has 0 aromatic carbocycles. The molecule has 4 nitrogen and oxygen atoms in total. The van der Waals surface area contributed by atoms with Crippen molar-refractivity contribution in [3.05, 3.63) is 18.5 Å². The van der Waals surface area contributed by atoms with Crippen LogP contribution in [0.15, 0.2) is 23.6 Å². The Kier molecular flexibility index (Phi) is 3.23. The van der Waals surface area contributed by atoms with Crippen molar-refractivity contribution in [2.75, 3.05) is 12.3 Å². The third kappa shape index (κ3) is 2.68. The van der Waals surface area contributed by atoms with Crippen molar-refractivity contribution >= 4 is 11.8 Å². The normalized spacial score (nSPS) is 19.9. The van der Waals surface area contributed by atoms with E-state index in [1.165, 1.54) is 11.8 Å². The number of hydrogen-bond donors (Lipinski definition) is 2. The van der Waals surface area contributed by atoms with Crippen LogP contribution in [-0.4, -0.2) is 33.0 Å². The van der Waals surface area contributed by atoms with Crippen LogP contribution in [0.3, 0.4) is 0 Å². The Morgan fingerprint density at radius 2 is 2.13 bits per heavy atom. The van der Waals surface area contributed by atoms with Crippen LogP contribution in [0, 0.1) is 5.92 Å². The first-order valence-electron chi connectivity index (χ1n) is 5.07. The van der Waals surface area contributed by atoms with Crippen LogP contribution in [0.1, 0.15) is 12.8 Å². The first kappa shape index (κ1) is 10.9. The maximum Gasteiger partial charge on any atom is 0.187 e. The second-order valence-electron chi connectivity index (χ2n) is 3.90. The number of hydrogen-bond acceptors (Lipinski definition) is 5. The van der Waals surface area contributed by atoms with Crippen LogP contribution in [-0.2, 0) is 0 Å². The molecular weight excluding hydrogens is 210 g/mol. The van der Waals surface area contributed by atoms with Crippen LogP contribution in [0.5, 0.6) is 0 Å². The molecule has 82 valence electrons. The van der Waals surface area contributed by atoms with Crippen LogP contribution in [0.4, 0.5) is 0 Å². The van der Waals surface area contributed by atoms with E-state index in [2.05, 4.69) is 9.97 Å². The van der Waals surface area contributed by atoms with E-state index in [4.69, 9.17) is 5.73 Å². The average Bonchev–Trinajstić information content (AvgIpc) is 3.11. The number of aromatic nitrogens is 2. The minimum Gasteiger partial charge on any atom is -0.387 e. The molecule has 0 radical (unpaired) electrons. The van der Waals surface area contributed by atoms with Gasteiger partial charge in [0.15, 0.2) is 5.16 Å². The van der Waals surface area contributed by atoms with E-state index in [9.17, 15) is 5.11 Å². The number of aliphatic hydroxyl groups is 1. The van der Waals surface area contributed by atoms with Crippen molar-refractivity contribution in [2.45, 2.75) is 23.6 Å². The fraction of sp³-hybridized carbons (Fsp3) is 0.600. The fourth-order valence-electron chi connectivity index (χ4n) is 1.51. The molecule has 1 aromatic rings. The molecule has 1 aliphatic carbocycles. The lowest BCUT2D eigenvalue weighted by atomic mass is 10.0. The smallest absolute Gasteiger partial charge is 0.187 e. The molecule has 3 N–H and O–H groups in total. The van der Waals surface area contributed by atoms with E-state index >= 15 is 0 Å². The Balaban J connectivity index is 1.91. The molecule has 1 aromatic heterocycles. The molecule has 0 bridgehead atoms. The van der Waals surface area contributed by atoms with E-state index in [0.29, 0.717) is 23.4 Å². The van der Waals surface area contributed by atoms with Gasteiger partial charge in [-0.15, -0.1) is 0 Å². The van der Waals surface area contributed by atoms with E-state index in [0.717, 1.165) is 12.8 Å². The van der Waals surface area contributed by atoms with Gasteiger partial charge >= 0.3 is 0 Å². The first-order chi connectivity index (χ1) is 7.24. The summed E-state index contributed by atoms with van der Waals surface area (Å²) < 4.78 is 0. The van der Waals surface area contributed by atoms with Gasteiger partial charge in [0.05, 0.1) is 5.60 Å². The van der Waals surface area contributed by atoms with Crippen molar-refractivity contribution in [3.8, 4) is 0 Å². The monoisotopic (exact) mass is 225 g/mol. The molecular formula is C10H15N3OS.